The smallest absolute Gasteiger partial charge is 0.233 e. The van der Waals surface area contributed by atoms with E-state index in [0.29, 0.717) is 36.2 Å². The summed E-state index contributed by atoms with van der Waals surface area (Å²) in [4.78, 5) is 25.3. The quantitative estimate of drug-likeness (QED) is 0.622. The Hall–Kier alpha value is -2.75. The number of aryl methyl sites for hydroxylation is 1. The number of hydrogen-bond acceptors (Lipinski definition) is 7. The number of aromatic nitrogens is 3. The van der Waals surface area contributed by atoms with Crippen LogP contribution in [0.5, 0.6) is 11.5 Å². The first kappa shape index (κ1) is 20.0. The number of fused-ring (bicyclic) bond motifs is 1. The summed E-state index contributed by atoms with van der Waals surface area (Å²) < 4.78 is 12.5. The Bertz CT molecular complexity index is 870. The van der Waals surface area contributed by atoms with Gasteiger partial charge in [-0.1, -0.05) is 17.8 Å². The highest BCUT2D eigenvalue weighted by Gasteiger charge is 2.18. The average molecular weight is 405 g/mol. The van der Waals surface area contributed by atoms with Crippen molar-refractivity contribution < 1.29 is 19.1 Å². The number of primary amides is 1. The van der Waals surface area contributed by atoms with Gasteiger partial charge in [0.2, 0.25) is 18.6 Å². The zero-order chi connectivity index (χ0) is 20.1. The first-order valence-electron chi connectivity index (χ1n) is 8.93. The lowest BCUT2D eigenvalue weighted by Gasteiger charge is -2.21. The van der Waals surface area contributed by atoms with E-state index < -0.39 is 0 Å². The number of nitrogens with two attached hydrogens (primary N) is 1. The normalized spacial score (nSPS) is 12.2. The van der Waals surface area contributed by atoms with Gasteiger partial charge in [-0.25, -0.2) is 0 Å². The Balaban J connectivity index is 1.56. The van der Waals surface area contributed by atoms with E-state index in [-0.39, 0.29) is 30.8 Å². The largest absolute Gasteiger partial charge is 0.454 e. The highest BCUT2D eigenvalue weighted by atomic mass is 32.2. The molecule has 9 nitrogen and oxygen atoms in total. The standard InChI is InChI=1S/C18H23N5O4S/c1-3-23(9-12-4-5-13-14(8-12)27-11-26-13)17(25)10-28-18-21-20-16(22(18)2)7-6-15(19)24/h4-5,8H,3,6-7,9-11H2,1-2H3,(H2,19,24). The molecule has 0 aliphatic carbocycles. The third-order valence-corrected chi connectivity index (χ3v) is 5.39. The summed E-state index contributed by atoms with van der Waals surface area (Å²) in [7, 11) is 1.81. The van der Waals surface area contributed by atoms with Crippen LogP contribution in [0.4, 0.5) is 0 Å². The third-order valence-electron chi connectivity index (χ3n) is 4.39. The van der Waals surface area contributed by atoms with E-state index in [4.69, 9.17) is 15.2 Å². The predicted octanol–water partition coefficient (Wildman–Crippen LogP) is 1.10. The van der Waals surface area contributed by atoms with Gasteiger partial charge in [-0.3, -0.25) is 9.59 Å². The molecule has 3 rings (SSSR count). The molecule has 0 fully saturated rings. The molecule has 150 valence electrons. The summed E-state index contributed by atoms with van der Waals surface area (Å²) in [5, 5.41) is 8.79. The van der Waals surface area contributed by atoms with Crippen LogP contribution in [0.3, 0.4) is 0 Å². The van der Waals surface area contributed by atoms with Crippen molar-refractivity contribution >= 4 is 23.6 Å². The van der Waals surface area contributed by atoms with Crippen molar-refractivity contribution in [2.24, 2.45) is 12.8 Å². The number of thioether (sulfide) groups is 1. The van der Waals surface area contributed by atoms with Crippen LogP contribution in [0.15, 0.2) is 23.4 Å². The Kier molecular flexibility index (Phi) is 6.40. The molecule has 1 aromatic heterocycles. The molecule has 2 heterocycles. The van der Waals surface area contributed by atoms with Gasteiger partial charge < -0.3 is 24.7 Å². The Labute approximate surface area is 167 Å². The summed E-state index contributed by atoms with van der Waals surface area (Å²) in [6, 6.07) is 5.70. The van der Waals surface area contributed by atoms with Gasteiger partial charge in [0.05, 0.1) is 5.75 Å². The number of ether oxygens (including phenoxy) is 2. The summed E-state index contributed by atoms with van der Waals surface area (Å²) in [6.45, 7) is 3.26. The first-order valence-corrected chi connectivity index (χ1v) is 9.92. The summed E-state index contributed by atoms with van der Waals surface area (Å²) in [6.07, 6.45) is 0.646. The molecule has 28 heavy (non-hydrogen) atoms. The number of hydrogen-bond donors (Lipinski definition) is 1. The SMILES string of the molecule is CCN(Cc1ccc2c(c1)OCO2)C(=O)CSc1nnc(CCC(N)=O)n1C. The highest BCUT2D eigenvalue weighted by Crippen LogP contribution is 2.32. The zero-order valence-electron chi connectivity index (χ0n) is 15.9. The number of nitrogens with zero attached hydrogens (tertiary/aromatic N) is 4. The zero-order valence-corrected chi connectivity index (χ0v) is 16.7. The maximum absolute atomic E-state index is 12.6. The lowest BCUT2D eigenvalue weighted by atomic mass is 10.2. The molecule has 2 amide bonds. The van der Waals surface area contributed by atoms with Crippen molar-refractivity contribution in [1.29, 1.82) is 0 Å². The van der Waals surface area contributed by atoms with Gasteiger partial charge in [0.1, 0.15) is 5.82 Å². The van der Waals surface area contributed by atoms with E-state index in [1.165, 1.54) is 11.8 Å². The van der Waals surface area contributed by atoms with Crippen molar-refractivity contribution in [2.75, 3.05) is 19.1 Å². The first-order chi connectivity index (χ1) is 13.5. The van der Waals surface area contributed by atoms with Gasteiger partial charge in [0.15, 0.2) is 16.7 Å². The van der Waals surface area contributed by atoms with E-state index in [0.717, 1.165) is 11.3 Å². The van der Waals surface area contributed by atoms with Gasteiger partial charge in [-0.15, -0.1) is 10.2 Å². The van der Waals surface area contributed by atoms with Crippen molar-refractivity contribution in [1.82, 2.24) is 19.7 Å². The fraction of sp³-hybridized carbons (Fsp3) is 0.444. The number of benzene rings is 1. The van der Waals surface area contributed by atoms with Crippen molar-refractivity contribution in [3.63, 3.8) is 0 Å². The molecule has 2 aromatic rings. The van der Waals surface area contributed by atoms with Crippen LogP contribution in [0.25, 0.3) is 0 Å². The van der Waals surface area contributed by atoms with Crippen molar-refractivity contribution in [3.8, 4) is 11.5 Å². The minimum Gasteiger partial charge on any atom is -0.454 e. The van der Waals surface area contributed by atoms with E-state index in [1.54, 1.807) is 9.47 Å². The second-order valence-corrected chi connectivity index (χ2v) is 7.25. The van der Waals surface area contributed by atoms with Gasteiger partial charge in [-0.05, 0) is 24.6 Å². The van der Waals surface area contributed by atoms with Crippen LogP contribution in [0.1, 0.15) is 24.7 Å². The second-order valence-electron chi connectivity index (χ2n) is 6.31. The molecule has 10 heteroatoms. The molecule has 1 aliphatic heterocycles. The van der Waals surface area contributed by atoms with Gasteiger partial charge in [0.25, 0.3) is 0 Å². The molecule has 0 atom stereocenters. The molecule has 1 aromatic carbocycles. The van der Waals surface area contributed by atoms with Crippen molar-refractivity contribution in [3.05, 3.63) is 29.6 Å². The van der Waals surface area contributed by atoms with E-state index in [9.17, 15) is 9.59 Å². The molecular weight excluding hydrogens is 382 g/mol. The predicted molar refractivity (Wildman–Crippen MR) is 103 cm³/mol. The summed E-state index contributed by atoms with van der Waals surface area (Å²) in [5.74, 6) is 1.98. The maximum atomic E-state index is 12.6. The molecule has 0 saturated carbocycles. The Morgan fingerprint density at radius 2 is 2.07 bits per heavy atom. The van der Waals surface area contributed by atoms with Crippen LogP contribution in [-0.4, -0.2) is 50.6 Å². The van der Waals surface area contributed by atoms with E-state index in [2.05, 4.69) is 10.2 Å². The Morgan fingerprint density at radius 3 is 2.82 bits per heavy atom. The fourth-order valence-corrected chi connectivity index (χ4v) is 3.61. The summed E-state index contributed by atoms with van der Waals surface area (Å²) >= 11 is 1.32. The molecule has 0 bridgehead atoms. The molecule has 0 spiro atoms. The van der Waals surface area contributed by atoms with Crippen LogP contribution in [0.2, 0.25) is 0 Å². The minimum absolute atomic E-state index is 0.00635. The lowest BCUT2D eigenvalue weighted by Crippen LogP contribution is -2.31. The van der Waals surface area contributed by atoms with Gasteiger partial charge >= 0.3 is 0 Å². The van der Waals surface area contributed by atoms with Gasteiger partial charge in [-0.2, -0.15) is 0 Å². The molecule has 0 radical (unpaired) electrons. The van der Waals surface area contributed by atoms with E-state index in [1.807, 2.05) is 32.2 Å². The van der Waals surface area contributed by atoms with Crippen LogP contribution in [0, 0.1) is 0 Å². The molecule has 0 unspecified atom stereocenters. The topological polar surface area (TPSA) is 113 Å². The number of rotatable bonds is 9. The molecular formula is C18H23N5O4S. The Morgan fingerprint density at radius 1 is 1.29 bits per heavy atom. The number of carbonyl (C=O) groups is 2. The monoisotopic (exact) mass is 405 g/mol. The molecule has 0 saturated heterocycles. The van der Waals surface area contributed by atoms with Crippen molar-refractivity contribution in [2.45, 2.75) is 31.5 Å². The van der Waals surface area contributed by atoms with E-state index >= 15 is 0 Å². The molecule has 2 N–H and O–H groups in total. The number of carbonyl (C=O) groups excluding carboxylic acids is 2. The second kappa shape index (κ2) is 8.96. The number of amides is 2. The summed E-state index contributed by atoms with van der Waals surface area (Å²) in [5.41, 5.74) is 6.15. The minimum atomic E-state index is -0.380. The van der Waals surface area contributed by atoms with Crippen LogP contribution >= 0.6 is 11.8 Å². The third kappa shape index (κ3) is 4.75. The van der Waals surface area contributed by atoms with Gasteiger partial charge in [0, 0.05) is 33.0 Å². The lowest BCUT2D eigenvalue weighted by molar-refractivity contribution is -0.128. The maximum Gasteiger partial charge on any atom is 0.233 e. The molecule has 1 aliphatic rings. The fourth-order valence-electron chi connectivity index (χ4n) is 2.78. The highest BCUT2D eigenvalue weighted by molar-refractivity contribution is 7.99. The average Bonchev–Trinajstić information content (AvgIpc) is 3.28. The van der Waals surface area contributed by atoms with Crippen LogP contribution < -0.4 is 15.2 Å². The van der Waals surface area contributed by atoms with Crippen LogP contribution in [-0.2, 0) is 29.6 Å².